The minimum atomic E-state index is 0.823. The fraction of sp³-hybridized carbons (Fsp3) is 0.538. The summed E-state index contributed by atoms with van der Waals surface area (Å²) in [6.07, 6.45) is 15.5. The third kappa shape index (κ3) is 5.86. The lowest BCUT2D eigenvalue weighted by molar-refractivity contribution is 0.306. The molecule has 27 heavy (non-hydrogen) atoms. The van der Waals surface area contributed by atoms with Crippen molar-refractivity contribution in [2.75, 3.05) is 6.61 Å². The first kappa shape index (κ1) is 20.0. The van der Waals surface area contributed by atoms with E-state index in [9.17, 15) is 0 Å². The van der Waals surface area contributed by atoms with Gasteiger partial charge in [0.1, 0.15) is 5.75 Å². The molecule has 2 aromatic carbocycles. The molecule has 0 aliphatic heterocycles. The molecule has 0 saturated heterocycles. The quantitative estimate of drug-likeness (QED) is 0.386. The minimum Gasteiger partial charge on any atom is -0.494 e. The summed E-state index contributed by atoms with van der Waals surface area (Å²) in [4.78, 5) is 0. The average Bonchev–Trinajstić information content (AvgIpc) is 2.71. The van der Waals surface area contributed by atoms with Crippen molar-refractivity contribution in [1.82, 2.24) is 0 Å². The maximum atomic E-state index is 5.90. The number of hydrogen-bond donors (Lipinski definition) is 0. The van der Waals surface area contributed by atoms with E-state index in [1.165, 1.54) is 74.1 Å². The molecule has 0 aromatic heterocycles. The Balaban J connectivity index is 1.61. The highest BCUT2D eigenvalue weighted by Gasteiger charge is 2.15. The number of fused-ring (bicyclic) bond motifs is 1. The second-order valence-electron chi connectivity index (χ2n) is 8.14. The summed E-state index contributed by atoms with van der Waals surface area (Å²) in [5.41, 5.74) is 2.95. The third-order valence-corrected chi connectivity index (χ3v) is 5.93. The van der Waals surface area contributed by atoms with Gasteiger partial charge in [0.25, 0.3) is 0 Å². The van der Waals surface area contributed by atoms with Gasteiger partial charge in [-0.05, 0) is 71.7 Å². The number of hydrogen-bond acceptors (Lipinski definition) is 1. The first-order valence-electron chi connectivity index (χ1n) is 11.2. The molecule has 1 unspecified atom stereocenters. The molecule has 0 spiro atoms. The van der Waals surface area contributed by atoms with Crippen LogP contribution in [0.1, 0.15) is 83.6 Å². The van der Waals surface area contributed by atoms with Crippen molar-refractivity contribution in [2.45, 2.75) is 78.1 Å². The molecule has 0 radical (unpaired) electrons. The normalized spacial score (nSPS) is 17.1. The second-order valence-corrected chi connectivity index (χ2v) is 8.14. The van der Waals surface area contributed by atoms with E-state index in [0.29, 0.717) is 0 Å². The Labute approximate surface area is 165 Å². The molecule has 0 heterocycles. The largest absolute Gasteiger partial charge is 0.494 e. The summed E-state index contributed by atoms with van der Waals surface area (Å²) in [5, 5.41) is 2.60. The fourth-order valence-electron chi connectivity index (χ4n) is 4.15. The molecular weight excluding hydrogens is 328 g/mol. The van der Waals surface area contributed by atoms with E-state index in [2.05, 4.69) is 56.3 Å². The molecule has 0 fully saturated rings. The van der Waals surface area contributed by atoms with Gasteiger partial charge in [0.05, 0.1) is 6.61 Å². The summed E-state index contributed by atoms with van der Waals surface area (Å²) in [6.45, 7) is 5.34. The van der Waals surface area contributed by atoms with Gasteiger partial charge in [-0.15, -0.1) is 0 Å². The lowest BCUT2D eigenvalue weighted by Crippen LogP contribution is -2.05. The van der Waals surface area contributed by atoms with Crippen molar-refractivity contribution >= 4 is 16.3 Å². The van der Waals surface area contributed by atoms with Crippen molar-refractivity contribution in [2.24, 2.45) is 5.92 Å². The molecule has 2 aromatic rings. The van der Waals surface area contributed by atoms with Crippen LogP contribution >= 0.6 is 0 Å². The Bertz CT molecular complexity index is 743. The monoisotopic (exact) mass is 364 g/mol. The standard InChI is InChI=1S/C26H36O/c1-3-5-7-9-21-10-12-22(13-11-21)23-14-15-25-20-26(17-16-24(25)19-23)27-18-8-6-4-2/h12,14-17,19-21H,3-11,13,18H2,1-2H3. The van der Waals surface area contributed by atoms with Gasteiger partial charge in [0.2, 0.25) is 0 Å². The lowest BCUT2D eigenvalue weighted by Gasteiger charge is -2.22. The van der Waals surface area contributed by atoms with Crippen molar-refractivity contribution < 1.29 is 4.74 Å². The molecule has 1 aliphatic carbocycles. The summed E-state index contributed by atoms with van der Waals surface area (Å²) < 4.78 is 5.90. The zero-order valence-electron chi connectivity index (χ0n) is 17.3. The zero-order chi connectivity index (χ0) is 18.9. The van der Waals surface area contributed by atoms with Crippen LogP contribution in [0.25, 0.3) is 16.3 Å². The molecule has 0 N–H and O–H groups in total. The van der Waals surface area contributed by atoms with Crippen LogP contribution in [0.5, 0.6) is 5.75 Å². The smallest absolute Gasteiger partial charge is 0.119 e. The molecular formula is C26H36O. The van der Waals surface area contributed by atoms with Gasteiger partial charge in [0, 0.05) is 0 Å². The average molecular weight is 365 g/mol. The molecule has 0 bridgehead atoms. The maximum Gasteiger partial charge on any atom is 0.119 e. The highest BCUT2D eigenvalue weighted by Crippen LogP contribution is 2.34. The van der Waals surface area contributed by atoms with Gasteiger partial charge >= 0.3 is 0 Å². The van der Waals surface area contributed by atoms with Crippen molar-refractivity contribution in [1.29, 1.82) is 0 Å². The predicted octanol–water partition coefficient (Wildman–Crippen LogP) is 8.17. The Kier molecular flexibility index (Phi) is 7.80. The summed E-state index contributed by atoms with van der Waals surface area (Å²) >= 11 is 0. The molecule has 3 rings (SSSR count). The Morgan fingerprint density at radius 1 is 0.889 bits per heavy atom. The molecule has 0 amide bonds. The van der Waals surface area contributed by atoms with E-state index in [-0.39, 0.29) is 0 Å². The van der Waals surface area contributed by atoms with Gasteiger partial charge < -0.3 is 4.74 Å². The number of unbranched alkanes of at least 4 members (excludes halogenated alkanes) is 4. The van der Waals surface area contributed by atoms with E-state index in [1.807, 2.05) is 0 Å². The highest BCUT2D eigenvalue weighted by atomic mass is 16.5. The van der Waals surface area contributed by atoms with Crippen LogP contribution in [0.15, 0.2) is 42.5 Å². The zero-order valence-corrected chi connectivity index (χ0v) is 17.3. The van der Waals surface area contributed by atoms with E-state index >= 15 is 0 Å². The van der Waals surface area contributed by atoms with Crippen molar-refractivity contribution in [3.8, 4) is 5.75 Å². The Morgan fingerprint density at radius 2 is 1.67 bits per heavy atom. The molecule has 146 valence electrons. The fourth-order valence-corrected chi connectivity index (χ4v) is 4.15. The molecule has 1 heteroatoms. The molecule has 1 nitrogen and oxygen atoms in total. The predicted molar refractivity (Wildman–Crippen MR) is 118 cm³/mol. The summed E-state index contributed by atoms with van der Waals surface area (Å²) in [7, 11) is 0. The van der Waals surface area contributed by atoms with Crippen LogP contribution in [-0.4, -0.2) is 6.61 Å². The van der Waals surface area contributed by atoms with Crippen molar-refractivity contribution in [3.05, 3.63) is 48.0 Å². The SMILES string of the molecule is CCCCCOc1ccc2cc(C3=CCC(CCCCC)CC3)ccc2c1. The van der Waals surface area contributed by atoms with E-state index in [4.69, 9.17) is 4.74 Å². The van der Waals surface area contributed by atoms with Gasteiger partial charge in [0.15, 0.2) is 0 Å². The van der Waals surface area contributed by atoms with Gasteiger partial charge in [-0.3, -0.25) is 0 Å². The highest BCUT2D eigenvalue weighted by molar-refractivity contribution is 5.87. The number of allylic oxidation sites excluding steroid dienone is 2. The maximum absolute atomic E-state index is 5.90. The van der Waals surface area contributed by atoms with Crippen LogP contribution in [0.4, 0.5) is 0 Å². The van der Waals surface area contributed by atoms with Crippen LogP contribution in [-0.2, 0) is 0 Å². The topological polar surface area (TPSA) is 9.23 Å². The van der Waals surface area contributed by atoms with E-state index < -0.39 is 0 Å². The van der Waals surface area contributed by atoms with E-state index in [0.717, 1.165) is 24.7 Å². The number of benzene rings is 2. The first-order chi connectivity index (χ1) is 13.3. The molecule has 1 atom stereocenters. The molecule has 1 aliphatic rings. The minimum absolute atomic E-state index is 0.823. The van der Waals surface area contributed by atoms with E-state index in [1.54, 1.807) is 5.57 Å². The van der Waals surface area contributed by atoms with Crippen LogP contribution in [0.2, 0.25) is 0 Å². The summed E-state index contributed by atoms with van der Waals surface area (Å²) in [6, 6.07) is 13.4. The van der Waals surface area contributed by atoms with Gasteiger partial charge in [-0.1, -0.05) is 76.6 Å². The number of ether oxygens (including phenoxy) is 1. The molecule has 0 saturated carbocycles. The first-order valence-corrected chi connectivity index (χ1v) is 11.2. The van der Waals surface area contributed by atoms with Crippen LogP contribution in [0, 0.1) is 5.92 Å². The second kappa shape index (κ2) is 10.5. The summed E-state index contributed by atoms with van der Waals surface area (Å²) in [5.74, 6) is 1.91. The van der Waals surface area contributed by atoms with Crippen LogP contribution < -0.4 is 4.74 Å². The Morgan fingerprint density at radius 3 is 2.44 bits per heavy atom. The lowest BCUT2D eigenvalue weighted by atomic mass is 9.83. The van der Waals surface area contributed by atoms with Gasteiger partial charge in [-0.2, -0.15) is 0 Å². The third-order valence-electron chi connectivity index (χ3n) is 5.93. The van der Waals surface area contributed by atoms with Crippen LogP contribution in [0.3, 0.4) is 0 Å². The number of rotatable bonds is 10. The Hall–Kier alpha value is -1.76. The van der Waals surface area contributed by atoms with Crippen molar-refractivity contribution in [3.63, 3.8) is 0 Å². The van der Waals surface area contributed by atoms with Gasteiger partial charge in [-0.25, -0.2) is 0 Å².